The molecule has 0 saturated carbocycles. The van der Waals surface area contributed by atoms with Crippen LogP contribution in [0.3, 0.4) is 0 Å². The lowest BCUT2D eigenvalue weighted by Gasteiger charge is -2.32. The predicted octanol–water partition coefficient (Wildman–Crippen LogP) is 2.73. The van der Waals surface area contributed by atoms with Gasteiger partial charge in [-0.05, 0) is 61.1 Å². The fraction of sp³-hybridized carbons (Fsp3) is 0.500. The van der Waals surface area contributed by atoms with Crippen LogP contribution >= 0.6 is 22.7 Å². The monoisotopic (exact) mass is 482 g/mol. The van der Waals surface area contributed by atoms with Gasteiger partial charge in [0, 0.05) is 24.0 Å². The number of likely N-dealkylation sites (tertiary alicyclic amines) is 1. The molecule has 1 aliphatic heterocycles. The fourth-order valence-electron chi connectivity index (χ4n) is 3.96. The summed E-state index contributed by atoms with van der Waals surface area (Å²) in [5.41, 5.74) is 6.23. The van der Waals surface area contributed by atoms with Gasteiger partial charge in [-0.2, -0.15) is 0 Å². The van der Waals surface area contributed by atoms with E-state index in [1.807, 2.05) is 6.07 Å². The molecule has 0 spiro atoms. The second-order valence-electron chi connectivity index (χ2n) is 8.11. The van der Waals surface area contributed by atoms with Crippen LogP contribution in [0.15, 0.2) is 27.8 Å². The largest absolute Gasteiger partial charge is 0.336 e. The summed E-state index contributed by atoms with van der Waals surface area (Å²) in [6.45, 7) is 3.03. The van der Waals surface area contributed by atoms with Gasteiger partial charge in [0.1, 0.15) is 4.21 Å². The summed E-state index contributed by atoms with van der Waals surface area (Å²) in [5, 5.41) is 1.72. The predicted molar refractivity (Wildman–Crippen MR) is 121 cm³/mol. The number of piperidine rings is 1. The number of amides is 3. The molecule has 1 atom stereocenters. The number of nitrogens with zero attached hydrogens (tertiary/aromatic N) is 1. The number of rotatable bonds is 4. The van der Waals surface area contributed by atoms with Gasteiger partial charge >= 0.3 is 6.03 Å². The first-order valence-corrected chi connectivity index (χ1v) is 13.5. The van der Waals surface area contributed by atoms with Crippen molar-refractivity contribution >= 4 is 44.6 Å². The topological polar surface area (TPSA) is 108 Å². The van der Waals surface area contributed by atoms with E-state index in [1.54, 1.807) is 22.4 Å². The van der Waals surface area contributed by atoms with E-state index in [9.17, 15) is 18.0 Å². The fourth-order valence-corrected chi connectivity index (χ4v) is 7.38. The molecule has 0 aromatic carbocycles. The molecular weight excluding hydrogens is 456 g/mol. The maximum atomic E-state index is 12.4. The average Bonchev–Trinajstić information content (AvgIpc) is 3.42. The number of carbonyl (C=O) groups is 2. The first-order valence-electron chi connectivity index (χ1n) is 10.3. The second kappa shape index (κ2) is 9.27. The lowest BCUT2D eigenvalue weighted by Crippen LogP contribution is -2.53. The Hall–Kier alpha value is -1.95. The van der Waals surface area contributed by atoms with Crippen LogP contribution in [0.25, 0.3) is 0 Å². The van der Waals surface area contributed by atoms with Gasteiger partial charge in [-0.15, -0.1) is 22.7 Å². The number of hydrogen-bond acceptors (Lipinski definition) is 6. The van der Waals surface area contributed by atoms with Gasteiger partial charge in [0.05, 0.1) is 4.88 Å². The molecule has 1 fully saturated rings. The Kier molecular flexibility index (Phi) is 6.65. The molecule has 8 nitrogen and oxygen atoms in total. The lowest BCUT2D eigenvalue weighted by atomic mass is 9.90. The molecular formula is C20H26N4O4S3. The van der Waals surface area contributed by atoms with Crippen molar-refractivity contribution in [3.8, 4) is 0 Å². The molecule has 2 aliphatic rings. The summed E-state index contributed by atoms with van der Waals surface area (Å²) < 4.78 is 27.7. The maximum absolute atomic E-state index is 12.4. The minimum absolute atomic E-state index is 0.217. The summed E-state index contributed by atoms with van der Waals surface area (Å²) in [4.78, 5) is 28.3. The molecule has 0 radical (unpaired) electrons. The van der Waals surface area contributed by atoms with E-state index in [2.05, 4.69) is 22.5 Å². The maximum Gasteiger partial charge on any atom is 0.336 e. The second-order valence-corrected chi connectivity index (χ2v) is 12.1. The van der Waals surface area contributed by atoms with Gasteiger partial charge in [0.25, 0.3) is 5.91 Å². The van der Waals surface area contributed by atoms with Crippen molar-refractivity contribution in [3.63, 3.8) is 0 Å². The molecule has 3 amide bonds. The Morgan fingerprint density at radius 3 is 2.65 bits per heavy atom. The quantitative estimate of drug-likeness (QED) is 0.583. The van der Waals surface area contributed by atoms with Crippen LogP contribution in [-0.4, -0.2) is 44.4 Å². The summed E-state index contributed by atoms with van der Waals surface area (Å²) in [6.07, 6.45) is 4.18. The molecule has 4 rings (SSSR count). The van der Waals surface area contributed by atoms with Gasteiger partial charge in [0.2, 0.25) is 10.0 Å². The van der Waals surface area contributed by atoms with Crippen LogP contribution in [0.2, 0.25) is 0 Å². The van der Waals surface area contributed by atoms with Crippen LogP contribution < -0.4 is 15.6 Å². The minimum Gasteiger partial charge on any atom is -0.323 e. The number of hydrazine groups is 1. The van der Waals surface area contributed by atoms with E-state index >= 15 is 0 Å². The molecule has 168 valence electrons. The summed E-state index contributed by atoms with van der Waals surface area (Å²) >= 11 is 2.67. The normalized spacial score (nSPS) is 19.6. The van der Waals surface area contributed by atoms with Gasteiger partial charge in [-0.1, -0.05) is 13.0 Å². The third-order valence-corrected chi connectivity index (χ3v) is 9.85. The number of hydrogen-bond donors (Lipinski definition) is 3. The molecule has 2 aromatic heterocycles. The first-order chi connectivity index (χ1) is 14.8. The average molecular weight is 483 g/mol. The third kappa shape index (κ3) is 5.28. The smallest absolute Gasteiger partial charge is 0.323 e. The van der Waals surface area contributed by atoms with Gasteiger partial charge in [-0.3, -0.25) is 10.2 Å². The SMILES string of the molecule is CC1CCc2sc(C(=O)NNC(=O)N3CCC(NS(=O)(=O)c4cccs4)CC3)cc2C1. The van der Waals surface area contributed by atoms with Crippen LogP contribution in [0.4, 0.5) is 4.79 Å². The first kappa shape index (κ1) is 22.3. The molecule has 0 bridgehead atoms. The van der Waals surface area contributed by atoms with Crippen molar-refractivity contribution in [2.45, 2.75) is 49.3 Å². The molecule has 1 aliphatic carbocycles. The van der Waals surface area contributed by atoms with Crippen LogP contribution in [0.5, 0.6) is 0 Å². The Morgan fingerprint density at radius 1 is 1.16 bits per heavy atom. The van der Waals surface area contributed by atoms with E-state index in [0.717, 1.165) is 19.3 Å². The van der Waals surface area contributed by atoms with Gasteiger partial charge < -0.3 is 4.90 Å². The van der Waals surface area contributed by atoms with Crippen molar-refractivity contribution < 1.29 is 18.0 Å². The summed E-state index contributed by atoms with van der Waals surface area (Å²) in [7, 11) is -3.52. The van der Waals surface area contributed by atoms with Gasteiger partial charge in [0.15, 0.2) is 0 Å². The van der Waals surface area contributed by atoms with Crippen molar-refractivity contribution in [3.05, 3.63) is 38.9 Å². The molecule has 1 unspecified atom stereocenters. The van der Waals surface area contributed by atoms with Crippen molar-refractivity contribution in [2.75, 3.05) is 13.1 Å². The standard InChI is InChI=1S/C20H26N4O4S3/c1-13-4-5-16-14(11-13)12-17(30-16)19(25)21-22-20(26)24-8-6-15(7-9-24)23-31(27,28)18-3-2-10-29-18/h2-3,10,12-13,15,23H,4-9,11H2,1H3,(H,21,25)(H,22,26). The zero-order valence-corrected chi connectivity index (χ0v) is 19.7. The number of aryl methyl sites for hydroxylation is 1. The number of nitrogens with one attached hydrogen (secondary N) is 3. The number of thiophene rings is 2. The molecule has 2 aromatic rings. The zero-order chi connectivity index (χ0) is 22.0. The van der Waals surface area contributed by atoms with Gasteiger partial charge in [-0.25, -0.2) is 23.4 Å². The number of sulfonamides is 1. The van der Waals surface area contributed by atoms with Crippen molar-refractivity contribution in [1.29, 1.82) is 0 Å². The Morgan fingerprint density at radius 2 is 1.94 bits per heavy atom. The van der Waals surface area contributed by atoms with E-state index in [4.69, 9.17) is 0 Å². The minimum atomic E-state index is -3.52. The van der Waals surface area contributed by atoms with E-state index in [0.29, 0.717) is 40.9 Å². The molecule has 31 heavy (non-hydrogen) atoms. The van der Waals surface area contributed by atoms with Crippen LogP contribution in [0.1, 0.15) is 46.3 Å². The Balaban J connectivity index is 1.24. The number of fused-ring (bicyclic) bond motifs is 1. The van der Waals surface area contributed by atoms with Crippen LogP contribution in [-0.2, 0) is 22.9 Å². The Bertz CT molecular complexity index is 1040. The van der Waals surface area contributed by atoms with Crippen molar-refractivity contribution in [2.24, 2.45) is 5.92 Å². The molecule has 1 saturated heterocycles. The van der Waals surface area contributed by atoms with E-state index in [1.165, 1.54) is 33.1 Å². The summed E-state index contributed by atoms with van der Waals surface area (Å²) in [6, 6.07) is 4.60. The van der Waals surface area contributed by atoms with E-state index < -0.39 is 10.0 Å². The highest BCUT2D eigenvalue weighted by molar-refractivity contribution is 7.91. The Labute approximate surface area is 190 Å². The van der Waals surface area contributed by atoms with Crippen LogP contribution in [0, 0.1) is 5.92 Å². The highest BCUT2D eigenvalue weighted by atomic mass is 32.2. The molecule has 3 N–H and O–H groups in total. The lowest BCUT2D eigenvalue weighted by molar-refractivity contribution is 0.0931. The van der Waals surface area contributed by atoms with Crippen molar-refractivity contribution in [1.82, 2.24) is 20.5 Å². The summed E-state index contributed by atoms with van der Waals surface area (Å²) in [5.74, 6) is 0.328. The highest BCUT2D eigenvalue weighted by Crippen LogP contribution is 2.32. The zero-order valence-electron chi connectivity index (χ0n) is 17.2. The van der Waals surface area contributed by atoms with E-state index in [-0.39, 0.29) is 18.0 Å². The molecule has 3 heterocycles. The number of urea groups is 1. The molecule has 11 heteroatoms. The third-order valence-electron chi connectivity index (χ3n) is 5.70. The number of carbonyl (C=O) groups excluding carboxylic acids is 2. The highest BCUT2D eigenvalue weighted by Gasteiger charge is 2.27.